The summed E-state index contributed by atoms with van der Waals surface area (Å²) in [7, 11) is 0. The second-order valence-electron chi connectivity index (χ2n) is 4.09. The molecule has 0 saturated carbocycles. The predicted molar refractivity (Wildman–Crippen MR) is 69.6 cm³/mol. The zero-order valence-corrected chi connectivity index (χ0v) is 11.3. The van der Waals surface area contributed by atoms with Gasteiger partial charge in [0.2, 0.25) is 6.04 Å². The molecule has 1 unspecified atom stereocenters. The minimum atomic E-state index is -1.80. The van der Waals surface area contributed by atoms with Crippen molar-refractivity contribution < 1.29 is 39.6 Å². The topological polar surface area (TPSA) is 201 Å². The van der Waals surface area contributed by atoms with Gasteiger partial charge >= 0.3 is 23.9 Å². The van der Waals surface area contributed by atoms with E-state index in [2.05, 4.69) is 5.73 Å². The Labute approximate surface area is 120 Å². The molecule has 0 aromatic carbocycles. The third-order valence-electron chi connectivity index (χ3n) is 2.26. The second kappa shape index (κ2) is 11.6. The average molecular weight is 308 g/mol. The molecule has 0 aliphatic heterocycles. The van der Waals surface area contributed by atoms with Crippen molar-refractivity contribution in [2.45, 2.75) is 44.2 Å². The lowest BCUT2D eigenvalue weighted by molar-refractivity contribution is -0.149. The minimum absolute atomic E-state index is 0.141. The Kier molecular flexibility index (Phi) is 11.7. The summed E-state index contributed by atoms with van der Waals surface area (Å²) in [5, 5.41) is 32.4. The van der Waals surface area contributed by atoms with E-state index in [1.165, 1.54) is 0 Å². The normalized spacial score (nSPS) is 11.2. The summed E-state index contributed by atoms with van der Waals surface area (Å²) in [5.41, 5.74) is 9.80. The van der Waals surface area contributed by atoms with Crippen molar-refractivity contribution in [3.8, 4) is 0 Å². The van der Waals surface area contributed by atoms with Gasteiger partial charge in [-0.05, 0) is 12.8 Å². The van der Waals surface area contributed by atoms with Crippen molar-refractivity contribution in [1.82, 2.24) is 0 Å². The molecule has 0 aromatic rings. The first-order valence-electron chi connectivity index (χ1n) is 6.01. The van der Waals surface area contributed by atoms with Gasteiger partial charge in [0.25, 0.3) is 0 Å². The molecular formula is C11H20N2O8. The Morgan fingerprint density at radius 3 is 1.52 bits per heavy atom. The van der Waals surface area contributed by atoms with E-state index >= 15 is 0 Å². The van der Waals surface area contributed by atoms with Crippen LogP contribution < -0.4 is 11.5 Å². The summed E-state index contributed by atoms with van der Waals surface area (Å²) in [6.45, 7) is 0. The van der Waals surface area contributed by atoms with Crippen molar-refractivity contribution >= 4 is 23.9 Å². The van der Waals surface area contributed by atoms with E-state index in [4.69, 9.17) is 26.2 Å². The molecule has 10 heteroatoms. The van der Waals surface area contributed by atoms with Gasteiger partial charge in [-0.15, -0.1) is 0 Å². The Hall–Kier alpha value is -2.20. The van der Waals surface area contributed by atoms with Crippen molar-refractivity contribution in [2.75, 3.05) is 0 Å². The lowest BCUT2D eigenvalue weighted by atomic mass is 10.1. The molecule has 8 N–H and O–H groups in total. The highest BCUT2D eigenvalue weighted by molar-refractivity contribution is 5.96. The maximum atomic E-state index is 10.3. The van der Waals surface area contributed by atoms with Gasteiger partial charge in [0.15, 0.2) is 0 Å². The first kappa shape index (κ1) is 21.1. The Morgan fingerprint density at radius 2 is 1.24 bits per heavy atom. The zero-order chi connectivity index (χ0) is 17.0. The largest absolute Gasteiger partial charge is 0.481 e. The standard InChI is InChI=1S/C8H15NO4.C3H5NO4/c9-6(8(12)13)4-2-1-3-5-7(10)11;4-1(2(5)6)3(7)8/h6H,1-5,9H2,(H,10,11)(H,12,13);1H,4H2,(H,5,6)(H,7,8). The molecule has 1 atom stereocenters. The van der Waals surface area contributed by atoms with Gasteiger partial charge in [-0.3, -0.25) is 9.59 Å². The van der Waals surface area contributed by atoms with Gasteiger partial charge < -0.3 is 31.9 Å². The summed E-state index contributed by atoms with van der Waals surface area (Å²) in [6.07, 6.45) is 2.52. The molecule has 0 saturated heterocycles. The highest BCUT2D eigenvalue weighted by atomic mass is 16.4. The van der Waals surface area contributed by atoms with E-state index in [1.54, 1.807) is 0 Å². The molecule has 0 amide bonds. The molecule has 0 bridgehead atoms. The molecule has 0 aliphatic rings. The number of carbonyl (C=O) groups is 4. The highest BCUT2D eigenvalue weighted by Gasteiger charge is 2.18. The van der Waals surface area contributed by atoms with Crippen LogP contribution in [0.5, 0.6) is 0 Å². The van der Waals surface area contributed by atoms with E-state index in [0.717, 1.165) is 0 Å². The number of rotatable bonds is 9. The number of unbranched alkanes of at least 4 members (excludes halogenated alkanes) is 2. The van der Waals surface area contributed by atoms with E-state index < -0.39 is 36.0 Å². The highest BCUT2D eigenvalue weighted by Crippen LogP contribution is 2.04. The summed E-state index contributed by atoms with van der Waals surface area (Å²) in [5.74, 6) is -4.88. The quantitative estimate of drug-likeness (QED) is 0.224. The maximum Gasteiger partial charge on any atom is 0.332 e. The second-order valence-corrected chi connectivity index (χ2v) is 4.09. The number of carboxylic acids is 4. The van der Waals surface area contributed by atoms with E-state index in [-0.39, 0.29) is 6.42 Å². The lowest BCUT2D eigenvalue weighted by Crippen LogP contribution is -2.38. The van der Waals surface area contributed by atoms with Gasteiger partial charge in [0.1, 0.15) is 6.04 Å². The summed E-state index contributed by atoms with van der Waals surface area (Å²) < 4.78 is 0. The van der Waals surface area contributed by atoms with Crippen LogP contribution in [0.4, 0.5) is 0 Å². The molecule has 0 aromatic heterocycles. The molecule has 0 aliphatic carbocycles. The van der Waals surface area contributed by atoms with Gasteiger partial charge in [-0.1, -0.05) is 12.8 Å². The van der Waals surface area contributed by atoms with E-state index in [1.807, 2.05) is 0 Å². The molecule has 0 rings (SSSR count). The number of hydrogen-bond acceptors (Lipinski definition) is 6. The summed E-state index contributed by atoms with van der Waals surface area (Å²) in [6, 6.07) is -2.61. The van der Waals surface area contributed by atoms with Crippen molar-refractivity contribution in [1.29, 1.82) is 0 Å². The predicted octanol–water partition coefficient (Wildman–Crippen LogP) is -1.08. The number of carboxylic acid groups (broad SMARTS) is 4. The van der Waals surface area contributed by atoms with Crippen molar-refractivity contribution in [3.63, 3.8) is 0 Å². The Bertz CT molecular complexity index is 357. The smallest absolute Gasteiger partial charge is 0.332 e. The first-order valence-corrected chi connectivity index (χ1v) is 6.01. The van der Waals surface area contributed by atoms with Crippen LogP contribution in [0.15, 0.2) is 0 Å². The molecule has 0 spiro atoms. The molecule has 0 radical (unpaired) electrons. The SMILES string of the molecule is NC(C(=O)O)C(=O)O.NC(CCCCCC(=O)O)C(=O)O. The molecule has 0 fully saturated rings. The van der Waals surface area contributed by atoms with Crippen LogP contribution in [0.25, 0.3) is 0 Å². The lowest BCUT2D eigenvalue weighted by Gasteiger charge is -2.04. The number of nitrogens with two attached hydrogens (primary N) is 2. The fourth-order valence-corrected chi connectivity index (χ4v) is 1.05. The Balaban J connectivity index is 0. The van der Waals surface area contributed by atoms with Crippen LogP contribution in [0.1, 0.15) is 32.1 Å². The minimum Gasteiger partial charge on any atom is -0.481 e. The van der Waals surface area contributed by atoms with Crippen LogP contribution in [0.3, 0.4) is 0 Å². The van der Waals surface area contributed by atoms with Gasteiger partial charge in [-0.2, -0.15) is 0 Å². The molecule has 122 valence electrons. The molecule has 21 heavy (non-hydrogen) atoms. The van der Waals surface area contributed by atoms with Crippen LogP contribution in [-0.2, 0) is 19.2 Å². The Morgan fingerprint density at radius 1 is 0.762 bits per heavy atom. The third kappa shape index (κ3) is 14.0. The molecule has 10 nitrogen and oxygen atoms in total. The van der Waals surface area contributed by atoms with Crippen LogP contribution in [-0.4, -0.2) is 56.4 Å². The molecular weight excluding hydrogens is 288 g/mol. The summed E-state index contributed by atoms with van der Waals surface area (Å²) >= 11 is 0. The number of aliphatic carboxylic acids is 4. The zero-order valence-electron chi connectivity index (χ0n) is 11.3. The first-order chi connectivity index (χ1) is 9.59. The van der Waals surface area contributed by atoms with Crippen molar-refractivity contribution in [3.05, 3.63) is 0 Å². The van der Waals surface area contributed by atoms with Crippen LogP contribution >= 0.6 is 0 Å². The fourth-order valence-electron chi connectivity index (χ4n) is 1.05. The van der Waals surface area contributed by atoms with E-state index in [9.17, 15) is 19.2 Å². The van der Waals surface area contributed by atoms with Gasteiger partial charge in [-0.25, -0.2) is 9.59 Å². The van der Waals surface area contributed by atoms with E-state index in [0.29, 0.717) is 25.7 Å². The van der Waals surface area contributed by atoms with Crippen molar-refractivity contribution in [2.24, 2.45) is 11.5 Å². The monoisotopic (exact) mass is 308 g/mol. The van der Waals surface area contributed by atoms with Gasteiger partial charge in [0, 0.05) is 6.42 Å². The van der Waals surface area contributed by atoms with Gasteiger partial charge in [0.05, 0.1) is 0 Å². The average Bonchev–Trinajstić information content (AvgIpc) is 2.37. The fraction of sp³-hybridized carbons (Fsp3) is 0.636. The maximum absolute atomic E-state index is 10.3. The van der Waals surface area contributed by atoms with Crippen LogP contribution in [0.2, 0.25) is 0 Å². The molecule has 0 heterocycles. The van der Waals surface area contributed by atoms with Crippen LogP contribution in [0, 0.1) is 0 Å². The third-order valence-corrected chi connectivity index (χ3v) is 2.26. The number of hydrogen-bond donors (Lipinski definition) is 6. The summed E-state index contributed by atoms with van der Waals surface area (Å²) in [4.78, 5) is 39.6.